The molecule has 0 bridgehead atoms. The van der Waals surface area contributed by atoms with Gasteiger partial charge in [0.1, 0.15) is 11.6 Å². The lowest BCUT2D eigenvalue weighted by Crippen LogP contribution is -2.50. The van der Waals surface area contributed by atoms with Gasteiger partial charge in [0.25, 0.3) is 0 Å². The Morgan fingerprint density at radius 3 is 2.41 bits per heavy atom. The second-order valence-corrected chi connectivity index (χ2v) is 10.0. The smallest absolute Gasteiger partial charge is 0.238 e. The van der Waals surface area contributed by atoms with E-state index in [1.54, 1.807) is 13.3 Å². The van der Waals surface area contributed by atoms with E-state index in [0.29, 0.717) is 6.54 Å². The number of likely N-dealkylation sites (tertiary alicyclic amines) is 1. The lowest BCUT2D eigenvalue weighted by molar-refractivity contribution is -0.117. The van der Waals surface area contributed by atoms with Gasteiger partial charge in [-0.05, 0) is 61.6 Å². The Labute approximate surface area is 219 Å². The molecule has 2 aromatic carbocycles. The fourth-order valence-corrected chi connectivity index (χ4v) is 5.30. The molecular formula is C29H38N6O2. The highest BCUT2D eigenvalue weighted by Crippen LogP contribution is 2.33. The third-order valence-electron chi connectivity index (χ3n) is 7.52. The molecule has 0 atom stereocenters. The SMILES string of the molecule is CCc1nccc(-c2cc(NC(=O)CN3CCN(CCN4CCCC4)CC3)c3cc(OC)ccc3c2)n1. The van der Waals surface area contributed by atoms with Crippen LogP contribution in [0, 0.1) is 0 Å². The number of piperazine rings is 1. The minimum Gasteiger partial charge on any atom is -0.497 e. The van der Waals surface area contributed by atoms with Crippen molar-refractivity contribution < 1.29 is 9.53 Å². The molecule has 8 nitrogen and oxygen atoms in total. The molecule has 3 heterocycles. The van der Waals surface area contributed by atoms with E-state index in [1.807, 2.05) is 37.3 Å². The largest absolute Gasteiger partial charge is 0.497 e. The molecule has 1 aromatic heterocycles. The van der Waals surface area contributed by atoms with Crippen LogP contribution < -0.4 is 10.1 Å². The Morgan fingerprint density at radius 2 is 1.68 bits per heavy atom. The van der Waals surface area contributed by atoms with Crippen LogP contribution in [0.2, 0.25) is 0 Å². The number of nitrogens with zero attached hydrogens (tertiary/aromatic N) is 5. The molecule has 8 heteroatoms. The summed E-state index contributed by atoms with van der Waals surface area (Å²) < 4.78 is 5.46. The van der Waals surface area contributed by atoms with Crippen molar-refractivity contribution in [3.63, 3.8) is 0 Å². The zero-order chi connectivity index (χ0) is 25.6. The van der Waals surface area contributed by atoms with Gasteiger partial charge in [-0.15, -0.1) is 0 Å². The van der Waals surface area contributed by atoms with Crippen LogP contribution in [-0.2, 0) is 11.2 Å². The van der Waals surface area contributed by atoms with Crippen molar-refractivity contribution >= 4 is 22.4 Å². The molecule has 37 heavy (non-hydrogen) atoms. The van der Waals surface area contributed by atoms with Gasteiger partial charge in [-0.3, -0.25) is 14.6 Å². The molecule has 2 saturated heterocycles. The topological polar surface area (TPSA) is 73.8 Å². The summed E-state index contributed by atoms with van der Waals surface area (Å²) in [4.78, 5) is 29.6. The number of methoxy groups -OCH3 is 1. The van der Waals surface area contributed by atoms with Crippen molar-refractivity contribution in [1.82, 2.24) is 24.7 Å². The van der Waals surface area contributed by atoms with Gasteiger partial charge in [0, 0.05) is 68.5 Å². The average molecular weight is 503 g/mol. The van der Waals surface area contributed by atoms with Gasteiger partial charge in [0.2, 0.25) is 5.91 Å². The third kappa shape index (κ3) is 6.44. The van der Waals surface area contributed by atoms with E-state index < -0.39 is 0 Å². The lowest BCUT2D eigenvalue weighted by atomic mass is 10.0. The molecule has 0 radical (unpaired) electrons. The van der Waals surface area contributed by atoms with Crippen molar-refractivity contribution in [2.75, 3.05) is 71.3 Å². The van der Waals surface area contributed by atoms with Crippen LogP contribution in [0.25, 0.3) is 22.0 Å². The second kappa shape index (κ2) is 12.0. The first-order valence-electron chi connectivity index (χ1n) is 13.5. The number of ether oxygens (including phenoxy) is 1. The molecule has 2 aliphatic rings. The van der Waals surface area contributed by atoms with E-state index in [0.717, 1.165) is 78.4 Å². The highest BCUT2D eigenvalue weighted by Gasteiger charge is 2.21. The molecule has 5 rings (SSSR count). The number of carbonyl (C=O) groups excluding carboxylic acids is 1. The standard InChI is InChI=1S/C29H38N6O2/c1-3-28-30-9-8-26(31-28)23-18-22-6-7-24(37-2)20-25(22)27(19-23)32-29(36)21-35-16-14-34(15-17-35)13-12-33-10-4-5-11-33/h6-9,18-20H,3-5,10-17,21H2,1-2H3,(H,32,36). The van der Waals surface area contributed by atoms with E-state index in [-0.39, 0.29) is 5.91 Å². The molecule has 3 aromatic rings. The highest BCUT2D eigenvalue weighted by atomic mass is 16.5. The quantitative estimate of drug-likeness (QED) is 0.480. The van der Waals surface area contributed by atoms with E-state index in [2.05, 4.69) is 31.1 Å². The molecule has 1 N–H and O–H groups in total. The summed E-state index contributed by atoms with van der Waals surface area (Å²) in [6, 6.07) is 12.0. The summed E-state index contributed by atoms with van der Waals surface area (Å²) >= 11 is 0. The summed E-state index contributed by atoms with van der Waals surface area (Å²) in [5, 5.41) is 5.17. The van der Waals surface area contributed by atoms with Crippen molar-refractivity contribution in [3.05, 3.63) is 48.4 Å². The number of hydrogen-bond donors (Lipinski definition) is 1. The van der Waals surface area contributed by atoms with Crippen LogP contribution >= 0.6 is 0 Å². The van der Waals surface area contributed by atoms with Gasteiger partial charge in [0.15, 0.2) is 0 Å². The third-order valence-corrected chi connectivity index (χ3v) is 7.52. The zero-order valence-corrected chi connectivity index (χ0v) is 22.1. The fraction of sp³-hybridized carbons (Fsp3) is 0.483. The molecule has 1 amide bonds. The first-order chi connectivity index (χ1) is 18.1. The number of benzene rings is 2. The maximum absolute atomic E-state index is 13.2. The number of rotatable bonds is 9. The number of nitrogens with one attached hydrogen (secondary N) is 1. The van der Waals surface area contributed by atoms with E-state index >= 15 is 0 Å². The number of hydrogen-bond acceptors (Lipinski definition) is 7. The van der Waals surface area contributed by atoms with Crippen LogP contribution in [0.15, 0.2) is 42.6 Å². The predicted octanol–water partition coefficient (Wildman–Crippen LogP) is 3.52. The molecule has 0 aliphatic carbocycles. The van der Waals surface area contributed by atoms with E-state index in [4.69, 9.17) is 9.72 Å². The Hall–Kier alpha value is -3.07. The maximum atomic E-state index is 13.2. The summed E-state index contributed by atoms with van der Waals surface area (Å²) in [5.41, 5.74) is 2.58. The number of aryl methyl sites for hydroxylation is 1. The zero-order valence-electron chi connectivity index (χ0n) is 22.1. The molecule has 2 aliphatic heterocycles. The lowest BCUT2D eigenvalue weighted by Gasteiger charge is -2.35. The summed E-state index contributed by atoms with van der Waals surface area (Å²) in [7, 11) is 1.66. The number of amides is 1. The monoisotopic (exact) mass is 502 g/mol. The molecule has 2 fully saturated rings. The number of carbonyl (C=O) groups is 1. The second-order valence-electron chi connectivity index (χ2n) is 10.0. The number of fused-ring (bicyclic) bond motifs is 1. The number of aromatic nitrogens is 2. The first-order valence-corrected chi connectivity index (χ1v) is 13.5. The van der Waals surface area contributed by atoms with Crippen LogP contribution in [0.1, 0.15) is 25.6 Å². The molecule has 196 valence electrons. The van der Waals surface area contributed by atoms with Gasteiger partial charge in [-0.25, -0.2) is 9.97 Å². The van der Waals surface area contributed by atoms with E-state index in [1.165, 1.54) is 32.5 Å². The highest BCUT2D eigenvalue weighted by molar-refractivity contribution is 6.05. The Bertz CT molecular complexity index is 1220. The minimum absolute atomic E-state index is 0.00345. The van der Waals surface area contributed by atoms with Crippen molar-refractivity contribution in [2.24, 2.45) is 0 Å². The van der Waals surface area contributed by atoms with Gasteiger partial charge < -0.3 is 15.0 Å². The summed E-state index contributed by atoms with van der Waals surface area (Å²) in [6.45, 7) is 11.1. The maximum Gasteiger partial charge on any atom is 0.238 e. The fourth-order valence-electron chi connectivity index (χ4n) is 5.30. The Morgan fingerprint density at radius 1 is 0.946 bits per heavy atom. The first kappa shape index (κ1) is 25.6. The Balaban J connectivity index is 1.26. The molecule has 0 saturated carbocycles. The van der Waals surface area contributed by atoms with Crippen LogP contribution in [-0.4, -0.2) is 96.6 Å². The van der Waals surface area contributed by atoms with Gasteiger partial charge in [-0.1, -0.05) is 13.0 Å². The number of anilines is 1. The summed E-state index contributed by atoms with van der Waals surface area (Å²) in [5.74, 6) is 1.57. The normalized spacial score (nSPS) is 17.4. The molecule has 0 unspecified atom stereocenters. The van der Waals surface area contributed by atoms with Gasteiger partial charge in [-0.2, -0.15) is 0 Å². The minimum atomic E-state index is 0.00345. The van der Waals surface area contributed by atoms with Gasteiger partial charge in [0.05, 0.1) is 19.3 Å². The van der Waals surface area contributed by atoms with E-state index in [9.17, 15) is 4.79 Å². The van der Waals surface area contributed by atoms with Crippen molar-refractivity contribution in [3.8, 4) is 17.0 Å². The Kier molecular flexibility index (Phi) is 8.28. The predicted molar refractivity (Wildman–Crippen MR) is 148 cm³/mol. The van der Waals surface area contributed by atoms with Crippen molar-refractivity contribution in [1.29, 1.82) is 0 Å². The molecular weight excluding hydrogens is 464 g/mol. The van der Waals surface area contributed by atoms with Crippen LogP contribution in [0.4, 0.5) is 5.69 Å². The molecule has 0 spiro atoms. The van der Waals surface area contributed by atoms with Crippen molar-refractivity contribution in [2.45, 2.75) is 26.2 Å². The average Bonchev–Trinajstić information content (AvgIpc) is 3.46. The summed E-state index contributed by atoms with van der Waals surface area (Å²) in [6.07, 6.45) is 5.25. The van der Waals surface area contributed by atoms with Gasteiger partial charge >= 0.3 is 0 Å². The van der Waals surface area contributed by atoms with Crippen LogP contribution in [0.5, 0.6) is 5.75 Å². The van der Waals surface area contributed by atoms with Crippen LogP contribution in [0.3, 0.4) is 0 Å².